The normalized spacial score (nSPS) is 15.3. The van der Waals surface area contributed by atoms with Crippen molar-refractivity contribution in [3.05, 3.63) is 38.7 Å². The lowest BCUT2D eigenvalue weighted by atomic mass is 9.91. The first-order valence-corrected chi connectivity index (χ1v) is 8.63. The van der Waals surface area contributed by atoms with Crippen molar-refractivity contribution in [1.29, 1.82) is 0 Å². The molecule has 0 fully saturated rings. The first-order chi connectivity index (χ1) is 9.38. The van der Waals surface area contributed by atoms with Crippen LogP contribution in [0.3, 0.4) is 0 Å². The Hall–Kier alpha value is -1.33. The first kappa shape index (κ1) is 13.6. The van der Waals surface area contributed by atoms with Crippen molar-refractivity contribution in [3.63, 3.8) is 0 Å². The van der Waals surface area contributed by atoms with Gasteiger partial charge in [0, 0.05) is 23.3 Å². The standard InChI is InChI=1S/C14H13ClO4S/c1-20(17,18)13-7-12-10(6-11(13)15)8-4-2-3-5-9(8)14(16)19-12/h6-7H,2-5H2,1H3. The lowest BCUT2D eigenvalue weighted by Crippen LogP contribution is -2.16. The second-order valence-corrected chi connectivity index (χ2v) is 7.50. The van der Waals surface area contributed by atoms with E-state index in [1.165, 1.54) is 6.07 Å². The number of hydrogen-bond acceptors (Lipinski definition) is 4. The zero-order valence-electron chi connectivity index (χ0n) is 10.9. The highest BCUT2D eigenvalue weighted by Gasteiger charge is 2.21. The van der Waals surface area contributed by atoms with E-state index in [-0.39, 0.29) is 15.5 Å². The Balaban J connectivity index is 2.41. The fourth-order valence-corrected chi connectivity index (χ4v) is 4.05. The molecular formula is C14H13ClO4S. The monoisotopic (exact) mass is 312 g/mol. The average Bonchev–Trinajstić information content (AvgIpc) is 2.38. The SMILES string of the molecule is CS(=O)(=O)c1cc2oc(=O)c3c(c2cc1Cl)CCCC3. The highest BCUT2D eigenvalue weighted by molar-refractivity contribution is 7.90. The lowest BCUT2D eigenvalue weighted by Gasteiger charge is -2.16. The quantitative estimate of drug-likeness (QED) is 0.759. The summed E-state index contributed by atoms with van der Waals surface area (Å²) < 4.78 is 28.6. The number of sulfone groups is 1. The molecule has 0 unspecified atom stereocenters. The number of aryl methyl sites for hydroxylation is 1. The highest BCUT2D eigenvalue weighted by atomic mass is 35.5. The van der Waals surface area contributed by atoms with Gasteiger partial charge in [-0.15, -0.1) is 0 Å². The third-order valence-corrected chi connectivity index (χ3v) is 5.24. The van der Waals surface area contributed by atoms with E-state index in [1.807, 2.05) is 0 Å². The smallest absolute Gasteiger partial charge is 0.339 e. The summed E-state index contributed by atoms with van der Waals surface area (Å²) in [4.78, 5) is 12.0. The van der Waals surface area contributed by atoms with E-state index < -0.39 is 9.84 Å². The summed E-state index contributed by atoms with van der Waals surface area (Å²) in [6, 6.07) is 2.95. The number of fused-ring (bicyclic) bond motifs is 3. The van der Waals surface area contributed by atoms with Crippen LogP contribution < -0.4 is 5.63 Å². The van der Waals surface area contributed by atoms with Gasteiger partial charge in [0.15, 0.2) is 9.84 Å². The number of rotatable bonds is 1. The van der Waals surface area contributed by atoms with Gasteiger partial charge in [-0.25, -0.2) is 13.2 Å². The van der Waals surface area contributed by atoms with Gasteiger partial charge < -0.3 is 4.42 Å². The van der Waals surface area contributed by atoms with Crippen LogP contribution in [0.5, 0.6) is 0 Å². The number of hydrogen-bond donors (Lipinski definition) is 0. The van der Waals surface area contributed by atoms with Crippen LogP contribution in [0, 0.1) is 0 Å². The molecule has 2 aromatic rings. The van der Waals surface area contributed by atoms with Gasteiger partial charge in [0.2, 0.25) is 0 Å². The molecule has 0 saturated carbocycles. The van der Waals surface area contributed by atoms with Crippen LogP contribution in [0.4, 0.5) is 0 Å². The zero-order valence-corrected chi connectivity index (χ0v) is 12.5. The molecule has 0 aliphatic heterocycles. The topological polar surface area (TPSA) is 64.3 Å². The van der Waals surface area contributed by atoms with Crippen LogP contribution >= 0.6 is 11.6 Å². The average molecular weight is 313 g/mol. The third kappa shape index (κ3) is 2.15. The van der Waals surface area contributed by atoms with E-state index >= 15 is 0 Å². The second kappa shape index (κ2) is 4.60. The molecule has 0 bridgehead atoms. The van der Waals surface area contributed by atoms with Gasteiger partial charge in [0.1, 0.15) is 5.58 Å². The molecule has 1 aliphatic carbocycles. The fraction of sp³-hybridized carbons (Fsp3) is 0.357. The molecule has 0 atom stereocenters. The largest absolute Gasteiger partial charge is 0.422 e. The lowest BCUT2D eigenvalue weighted by molar-refractivity contribution is 0.532. The molecule has 0 N–H and O–H groups in total. The predicted molar refractivity (Wildman–Crippen MR) is 77.2 cm³/mol. The summed E-state index contributed by atoms with van der Waals surface area (Å²) >= 11 is 6.07. The molecule has 1 aromatic carbocycles. The van der Waals surface area contributed by atoms with Gasteiger partial charge in [-0.3, -0.25) is 0 Å². The Labute approximate surface area is 121 Å². The molecule has 1 aromatic heterocycles. The number of halogens is 1. The maximum absolute atomic E-state index is 12.0. The van der Waals surface area contributed by atoms with Crippen LogP contribution in [-0.2, 0) is 22.7 Å². The summed E-state index contributed by atoms with van der Waals surface area (Å²) in [6.07, 6.45) is 4.57. The molecule has 0 amide bonds. The molecule has 0 radical (unpaired) electrons. The second-order valence-electron chi connectivity index (χ2n) is 5.10. The third-order valence-electron chi connectivity index (χ3n) is 3.68. The Bertz CT molecular complexity index is 865. The van der Waals surface area contributed by atoms with Gasteiger partial charge in [0.05, 0.1) is 9.92 Å². The van der Waals surface area contributed by atoms with Gasteiger partial charge in [0.25, 0.3) is 0 Å². The highest BCUT2D eigenvalue weighted by Crippen LogP contribution is 2.32. The Morgan fingerprint density at radius 2 is 1.80 bits per heavy atom. The van der Waals surface area contributed by atoms with Crippen molar-refractivity contribution in [3.8, 4) is 0 Å². The predicted octanol–water partition coefficient (Wildman–Crippen LogP) is 2.73. The van der Waals surface area contributed by atoms with E-state index in [9.17, 15) is 13.2 Å². The van der Waals surface area contributed by atoms with Crippen molar-refractivity contribution in [2.45, 2.75) is 30.6 Å². The molecule has 0 spiro atoms. The molecular weight excluding hydrogens is 300 g/mol. The fourth-order valence-electron chi connectivity index (χ4n) is 2.73. The minimum Gasteiger partial charge on any atom is -0.422 e. The van der Waals surface area contributed by atoms with Crippen molar-refractivity contribution < 1.29 is 12.8 Å². The summed E-state index contributed by atoms with van der Waals surface area (Å²) in [5.41, 5.74) is 1.57. The summed E-state index contributed by atoms with van der Waals surface area (Å²) in [6.45, 7) is 0. The molecule has 6 heteroatoms. The zero-order chi connectivity index (χ0) is 14.5. The molecule has 20 heavy (non-hydrogen) atoms. The number of benzene rings is 1. The Kier molecular flexibility index (Phi) is 3.14. The van der Waals surface area contributed by atoms with Crippen LogP contribution in [-0.4, -0.2) is 14.7 Å². The van der Waals surface area contributed by atoms with Crippen LogP contribution in [0.2, 0.25) is 5.02 Å². The molecule has 0 saturated heterocycles. The molecule has 1 heterocycles. The summed E-state index contributed by atoms with van der Waals surface area (Å²) in [7, 11) is -3.45. The molecule has 1 aliphatic rings. The maximum Gasteiger partial charge on any atom is 0.339 e. The Morgan fingerprint density at radius 1 is 1.15 bits per heavy atom. The van der Waals surface area contributed by atoms with Crippen LogP contribution in [0.25, 0.3) is 11.0 Å². The maximum atomic E-state index is 12.0. The summed E-state index contributed by atoms with van der Waals surface area (Å²) in [5.74, 6) is 0. The van der Waals surface area contributed by atoms with Crippen molar-refractivity contribution in [1.82, 2.24) is 0 Å². The van der Waals surface area contributed by atoms with Gasteiger partial charge in [-0.1, -0.05) is 11.6 Å². The van der Waals surface area contributed by atoms with Gasteiger partial charge >= 0.3 is 5.63 Å². The van der Waals surface area contributed by atoms with E-state index in [0.29, 0.717) is 17.6 Å². The molecule has 4 nitrogen and oxygen atoms in total. The van der Waals surface area contributed by atoms with Crippen LogP contribution in [0.15, 0.2) is 26.2 Å². The minimum atomic E-state index is -3.45. The van der Waals surface area contributed by atoms with Crippen LogP contribution in [0.1, 0.15) is 24.0 Å². The minimum absolute atomic E-state index is 0.00873. The molecule has 106 valence electrons. The van der Waals surface area contributed by atoms with E-state index in [1.54, 1.807) is 6.07 Å². The van der Waals surface area contributed by atoms with Crippen molar-refractivity contribution >= 4 is 32.4 Å². The van der Waals surface area contributed by atoms with E-state index in [0.717, 1.165) is 36.5 Å². The molecule has 3 rings (SSSR count). The van der Waals surface area contributed by atoms with Gasteiger partial charge in [-0.2, -0.15) is 0 Å². The van der Waals surface area contributed by atoms with Crippen molar-refractivity contribution in [2.75, 3.05) is 6.26 Å². The van der Waals surface area contributed by atoms with E-state index in [4.69, 9.17) is 16.0 Å². The van der Waals surface area contributed by atoms with Crippen molar-refractivity contribution in [2.24, 2.45) is 0 Å². The Morgan fingerprint density at radius 3 is 2.45 bits per heavy atom. The summed E-state index contributed by atoms with van der Waals surface area (Å²) in [5, 5.41) is 0.915. The first-order valence-electron chi connectivity index (χ1n) is 6.36. The van der Waals surface area contributed by atoms with Gasteiger partial charge in [-0.05, 0) is 37.3 Å². The van der Waals surface area contributed by atoms with E-state index in [2.05, 4.69) is 0 Å².